The summed E-state index contributed by atoms with van der Waals surface area (Å²) in [6, 6.07) is 7.83. The molecule has 1 amide bonds. The van der Waals surface area contributed by atoms with E-state index < -0.39 is 5.91 Å². The number of nitrogens with zero attached hydrogens (tertiary/aromatic N) is 3. The van der Waals surface area contributed by atoms with E-state index in [0.717, 1.165) is 0 Å². The number of H-pyrrole nitrogens is 1. The number of tetrazole rings is 1. The molecular formula is C10H8N5O. The Morgan fingerprint density at radius 2 is 2.38 bits per heavy atom. The van der Waals surface area contributed by atoms with E-state index in [1.165, 1.54) is 0 Å². The topological polar surface area (TPSA) is 97.6 Å². The summed E-state index contributed by atoms with van der Waals surface area (Å²) in [5, 5.41) is 13.1. The van der Waals surface area contributed by atoms with Crippen LogP contribution >= 0.6 is 0 Å². The number of aromatic amines is 1. The van der Waals surface area contributed by atoms with Gasteiger partial charge in [-0.1, -0.05) is 18.7 Å². The fraction of sp³-hybridized carbons (Fsp3) is 0. The maximum Gasteiger partial charge on any atom is 0.249 e. The monoisotopic (exact) mass is 214 g/mol. The number of nitrogens with one attached hydrogen (secondary N) is 1. The summed E-state index contributed by atoms with van der Waals surface area (Å²) < 4.78 is 0. The molecule has 0 spiro atoms. The highest BCUT2D eigenvalue weighted by Gasteiger charge is 2.13. The fourth-order valence-corrected chi connectivity index (χ4v) is 1.30. The molecule has 16 heavy (non-hydrogen) atoms. The van der Waals surface area contributed by atoms with Crippen LogP contribution in [0.15, 0.2) is 24.8 Å². The number of nitrogens with two attached hydrogens (primary N) is 1. The fourth-order valence-electron chi connectivity index (χ4n) is 1.30. The van der Waals surface area contributed by atoms with E-state index in [-0.39, 0.29) is 0 Å². The minimum atomic E-state index is -0.541. The highest BCUT2D eigenvalue weighted by atomic mass is 16.1. The molecule has 0 fully saturated rings. The van der Waals surface area contributed by atoms with Crippen molar-refractivity contribution in [1.29, 1.82) is 0 Å². The highest BCUT2D eigenvalue weighted by molar-refractivity contribution is 5.99. The molecule has 0 saturated heterocycles. The van der Waals surface area contributed by atoms with Crippen LogP contribution in [0.1, 0.15) is 21.7 Å². The van der Waals surface area contributed by atoms with Gasteiger partial charge in [0.15, 0.2) is 5.82 Å². The van der Waals surface area contributed by atoms with Crippen molar-refractivity contribution in [1.82, 2.24) is 20.6 Å². The lowest BCUT2D eigenvalue weighted by molar-refractivity contribution is 0.1000. The molecule has 0 atom stereocenters. The molecule has 1 aromatic heterocycles. The number of carbonyl (C=O) groups excluding carboxylic acids is 1. The van der Waals surface area contributed by atoms with Crippen molar-refractivity contribution in [3.05, 3.63) is 47.8 Å². The average Bonchev–Trinajstić information content (AvgIpc) is 2.81. The van der Waals surface area contributed by atoms with Crippen molar-refractivity contribution in [2.45, 2.75) is 0 Å². The van der Waals surface area contributed by atoms with Crippen LogP contribution in [0.25, 0.3) is 5.57 Å². The van der Waals surface area contributed by atoms with Gasteiger partial charge in [-0.3, -0.25) is 4.79 Å². The van der Waals surface area contributed by atoms with E-state index in [1.807, 2.05) is 0 Å². The van der Waals surface area contributed by atoms with Gasteiger partial charge in [-0.25, -0.2) is 5.10 Å². The van der Waals surface area contributed by atoms with E-state index in [2.05, 4.69) is 33.3 Å². The van der Waals surface area contributed by atoms with Gasteiger partial charge in [-0.05, 0) is 22.6 Å². The van der Waals surface area contributed by atoms with Crippen molar-refractivity contribution in [2.75, 3.05) is 0 Å². The Balaban J connectivity index is 2.49. The molecule has 0 unspecified atom stereocenters. The largest absolute Gasteiger partial charge is 0.366 e. The van der Waals surface area contributed by atoms with Crippen molar-refractivity contribution < 1.29 is 4.79 Å². The summed E-state index contributed by atoms with van der Waals surface area (Å²) in [4.78, 5) is 11.2. The average molecular weight is 214 g/mol. The molecule has 0 aliphatic carbocycles. The lowest BCUT2D eigenvalue weighted by Gasteiger charge is -2.05. The van der Waals surface area contributed by atoms with Crippen molar-refractivity contribution in [3.8, 4) is 0 Å². The molecule has 0 saturated carbocycles. The van der Waals surface area contributed by atoms with Gasteiger partial charge in [0, 0.05) is 16.7 Å². The number of benzene rings is 1. The molecule has 1 aromatic carbocycles. The summed E-state index contributed by atoms with van der Waals surface area (Å²) in [6.07, 6.45) is 0. The Morgan fingerprint density at radius 1 is 1.56 bits per heavy atom. The van der Waals surface area contributed by atoms with Gasteiger partial charge in [-0.15, -0.1) is 5.10 Å². The molecule has 0 aliphatic heterocycles. The SMILES string of the molecule is C=C(c1nnn[nH]1)c1[c]cccc1C(N)=O. The Kier molecular flexibility index (Phi) is 2.47. The van der Waals surface area contributed by atoms with Crippen molar-refractivity contribution in [3.63, 3.8) is 0 Å². The number of hydrogen-bond acceptors (Lipinski definition) is 4. The second kappa shape index (κ2) is 3.93. The quantitative estimate of drug-likeness (QED) is 0.760. The van der Waals surface area contributed by atoms with Gasteiger partial charge in [-0.2, -0.15) is 0 Å². The highest BCUT2D eigenvalue weighted by Crippen LogP contribution is 2.20. The van der Waals surface area contributed by atoms with Gasteiger partial charge >= 0.3 is 0 Å². The van der Waals surface area contributed by atoms with Crippen LogP contribution in [-0.2, 0) is 0 Å². The van der Waals surface area contributed by atoms with Crippen LogP contribution in [0.3, 0.4) is 0 Å². The molecule has 0 aliphatic rings. The summed E-state index contributed by atoms with van der Waals surface area (Å²) in [5.74, 6) is -0.162. The van der Waals surface area contributed by atoms with E-state index in [0.29, 0.717) is 22.5 Å². The van der Waals surface area contributed by atoms with E-state index in [9.17, 15) is 4.79 Å². The lowest BCUT2D eigenvalue weighted by Crippen LogP contribution is -2.13. The molecule has 2 rings (SSSR count). The molecule has 1 heterocycles. The second-order valence-electron chi connectivity index (χ2n) is 3.05. The van der Waals surface area contributed by atoms with Gasteiger partial charge in [0.05, 0.1) is 0 Å². The third kappa shape index (κ3) is 1.68. The number of aromatic nitrogens is 4. The second-order valence-corrected chi connectivity index (χ2v) is 3.05. The molecule has 2 aromatic rings. The zero-order chi connectivity index (χ0) is 11.5. The first kappa shape index (κ1) is 10.0. The molecule has 6 heteroatoms. The Hall–Kier alpha value is -2.50. The van der Waals surface area contributed by atoms with Crippen molar-refractivity contribution in [2.24, 2.45) is 5.73 Å². The number of rotatable bonds is 3. The molecule has 1 radical (unpaired) electrons. The van der Waals surface area contributed by atoms with Gasteiger partial charge < -0.3 is 5.73 Å². The van der Waals surface area contributed by atoms with Crippen LogP contribution < -0.4 is 5.73 Å². The minimum Gasteiger partial charge on any atom is -0.366 e. The number of hydrogen-bond donors (Lipinski definition) is 2. The molecule has 79 valence electrons. The predicted molar refractivity (Wildman–Crippen MR) is 56.1 cm³/mol. The Labute approximate surface area is 91.2 Å². The first-order valence-corrected chi connectivity index (χ1v) is 4.44. The summed E-state index contributed by atoms with van der Waals surface area (Å²) in [5.41, 5.74) is 6.55. The molecular weight excluding hydrogens is 206 g/mol. The summed E-state index contributed by atoms with van der Waals surface area (Å²) in [6.45, 7) is 3.80. The smallest absolute Gasteiger partial charge is 0.249 e. The number of primary amides is 1. The normalized spacial score (nSPS) is 10.0. The Bertz CT molecular complexity index is 532. The molecule has 6 nitrogen and oxygen atoms in total. The number of carbonyl (C=O) groups is 1. The first-order chi connectivity index (χ1) is 7.70. The van der Waals surface area contributed by atoms with Crippen LogP contribution in [0.2, 0.25) is 0 Å². The zero-order valence-electron chi connectivity index (χ0n) is 8.27. The van der Waals surface area contributed by atoms with E-state index >= 15 is 0 Å². The minimum absolute atomic E-state index is 0.337. The van der Waals surface area contributed by atoms with Gasteiger partial charge in [0.2, 0.25) is 5.91 Å². The maximum absolute atomic E-state index is 11.2. The molecule has 3 N–H and O–H groups in total. The van der Waals surface area contributed by atoms with Gasteiger partial charge in [0.1, 0.15) is 0 Å². The predicted octanol–water partition coefficient (Wildman–Crippen LogP) is 0.160. The third-order valence-corrected chi connectivity index (χ3v) is 2.05. The summed E-state index contributed by atoms with van der Waals surface area (Å²) >= 11 is 0. The number of amides is 1. The van der Waals surface area contributed by atoms with Crippen molar-refractivity contribution >= 4 is 11.5 Å². The van der Waals surface area contributed by atoms with Gasteiger partial charge in [0.25, 0.3) is 0 Å². The van der Waals surface area contributed by atoms with Crippen LogP contribution in [-0.4, -0.2) is 26.5 Å². The van der Waals surface area contributed by atoms with E-state index in [4.69, 9.17) is 5.73 Å². The van der Waals surface area contributed by atoms with E-state index in [1.54, 1.807) is 18.2 Å². The van der Waals surface area contributed by atoms with Crippen LogP contribution in [0.4, 0.5) is 0 Å². The Morgan fingerprint density at radius 3 is 3.00 bits per heavy atom. The standard InChI is InChI=1S/C10H8N5O/c1-6(10-12-14-15-13-10)7-4-2-3-5-8(7)9(11)16/h2-3,5H,1H2,(H2,11,16)(H,12,13,14,15). The maximum atomic E-state index is 11.2. The lowest BCUT2D eigenvalue weighted by atomic mass is 10.0. The third-order valence-electron chi connectivity index (χ3n) is 2.05. The molecule has 0 bridgehead atoms. The first-order valence-electron chi connectivity index (χ1n) is 4.44. The zero-order valence-corrected chi connectivity index (χ0v) is 8.27. The van der Waals surface area contributed by atoms with Crippen LogP contribution in [0, 0.1) is 6.07 Å². The summed E-state index contributed by atoms with van der Waals surface area (Å²) in [7, 11) is 0. The van der Waals surface area contributed by atoms with Crippen LogP contribution in [0.5, 0.6) is 0 Å².